The lowest BCUT2D eigenvalue weighted by molar-refractivity contribution is 0.135. The summed E-state index contributed by atoms with van der Waals surface area (Å²) in [7, 11) is -3.51. The van der Waals surface area contributed by atoms with Crippen LogP contribution in [0.4, 0.5) is 0 Å². The Labute approximate surface area is 307 Å². The highest BCUT2D eigenvalue weighted by Crippen LogP contribution is 2.76. The van der Waals surface area contributed by atoms with Gasteiger partial charge in [0.05, 0.1) is 0 Å². The van der Waals surface area contributed by atoms with E-state index in [2.05, 4.69) is 51.4 Å². The quantitative estimate of drug-likeness (QED) is 0.174. The standard InChI is InChI=1S/C33H58O4Si4.7CH4/c1-34-39(4,5)29-17-21-14-26(29)27-18-24-20-13-28(33(24)32(21)27)31(16-20)41(8,35-2)37-38(3)36-40(6,7)30-15-19-12-25(30)23-11-9-10-22(19)23;;;;;;;/h9,11,19-33,38H,10,12-18H2,1-8H3;7*1H4. The molecule has 0 heterocycles. The minimum absolute atomic E-state index is 0. The summed E-state index contributed by atoms with van der Waals surface area (Å²) in [6, 6.07) is 0. The minimum atomic E-state index is -2.32. The van der Waals surface area contributed by atoms with E-state index >= 15 is 0 Å². The number of fused-ring (bicyclic) bond motifs is 16. The van der Waals surface area contributed by atoms with Gasteiger partial charge in [-0.2, -0.15) is 0 Å². The zero-order valence-corrected chi connectivity index (χ0v) is 31.3. The fourth-order valence-electron chi connectivity index (χ4n) is 14.3. The molecule has 7 fully saturated rings. The van der Waals surface area contributed by atoms with Crippen molar-refractivity contribution in [1.82, 2.24) is 0 Å². The van der Waals surface area contributed by atoms with Crippen LogP contribution in [0.3, 0.4) is 0 Å². The molecule has 286 valence electrons. The number of allylic oxidation sites excluding steroid dienone is 2. The molecule has 8 aliphatic rings. The van der Waals surface area contributed by atoms with Gasteiger partial charge in [-0.15, -0.1) is 0 Å². The summed E-state index contributed by atoms with van der Waals surface area (Å²) >= 11 is 0. The first-order valence-electron chi connectivity index (χ1n) is 17.6. The van der Waals surface area contributed by atoms with Crippen LogP contribution in [0.25, 0.3) is 0 Å². The second-order valence-corrected chi connectivity index (χ2v) is 32.1. The highest BCUT2D eigenvalue weighted by Gasteiger charge is 2.70. The van der Waals surface area contributed by atoms with Gasteiger partial charge in [-0.05, 0) is 173 Å². The van der Waals surface area contributed by atoms with Crippen LogP contribution in [0.1, 0.15) is 103 Å². The van der Waals surface area contributed by atoms with Gasteiger partial charge < -0.3 is 17.1 Å². The van der Waals surface area contributed by atoms with Gasteiger partial charge in [0.25, 0.3) is 9.28 Å². The normalized spacial score (nSPS) is 45.0. The van der Waals surface area contributed by atoms with Gasteiger partial charge in [-0.1, -0.05) is 64.1 Å². The summed E-state index contributed by atoms with van der Waals surface area (Å²) in [4.78, 5) is 0. The average molecular weight is 743 g/mol. The summed E-state index contributed by atoms with van der Waals surface area (Å²) in [6.07, 6.45) is 16.7. The Morgan fingerprint density at radius 2 is 1.08 bits per heavy atom. The topological polar surface area (TPSA) is 36.9 Å². The Bertz CT molecular complexity index is 1090. The van der Waals surface area contributed by atoms with Crippen molar-refractivity contribution in [1.29, 1.82) is 0 Å². The molecule has 0 aromatic carbocycles. The molecule has 0 N–H and O–H groups in total. The van der Waals surface area contributed by atoms with Crippen molar-refractivity contribution >= 4 is 34.5 Å². The molecule has 0 amide bonds. The maximum absolute atomic E-state index is 7.23. The molecule has 8 heteroatoms. The lowest BCUT2D eigenvalue weighted by atomic mass is 9.72. The van der Waals surface area contributed by atoms with Crippen LogP contribution < -0.4 is 0 Å². The van der Waals surface area contributed by atoms with Gasteiger partial charge in [0.1, 0.15) is 0 Å². The Balaban J connectivity index is 0.00000165. The van der Waals surface area contributed by atoms with Gasteiger partial charge in [-0.25, -0.2) is 0 Å². The predicted octanol–water partition coefficient (Wildman–Crippen LogP) is 12.4. The third kappa shape index (κ3) is 6.61. The third-order valence-electron chi connectivity index (χ3n) is 15.7. The van der Waals surface area contributed by atoms with Crippen LogP contribution in [-0.2, 0) is 17.1 Å². The van der Waals surface area contributed by atoms with Crippen molar-refractivity contribution in [2.24, 2.45) is 71.0 Å². The highest BCUT2D eigenvalue weighted by atomic mass is 28.5. The maximum Gasteiger partial charge on any atom is 0.329 e. The average Bonchev–Trinajstić information content (AvgIpc) is 3.74. The van der Waals surface area contributed by atoms with E-state index in [9.17, 15) is 0 Å². The van der Waals surface area contributed by atoms with Crippen molar-refractivity contribution in [3.8, 4) is 0 Å². The monoisotopic (exact) mass is 743 g/mol. The van der Waals surface area contributed by atoms with Crippen LogP contribution in [0.2, 0.25) is 55.9 Å². The molecule has 0 aromatic heterocycles. The van der Waals surface area contributed by atoms with E-state index in [1.807, 2.05) is 14.2 Å². The molecule has 0 saturated heterocycles. The first kappa shape index (κ1) is 46.5. The van der Waals surface area contributed by atoms with Crippen LogP contribution in [0, 0.1) is 71.0 Å². The molecule has 17 unspecified atom stereocenters. The number of hydrogen-bond donors (Lipinski definition) is 0. The van der Waals surface area contributed by atoms with Crippen molar-refractivity contribution in [2.45, 2.75) is 159 Å². The first-order chi connectivity index (χ1) is 19.5. The molecule has 8 rings (SSSR count). The van der Waals surface area contributed by atoms with E-state index < -0.39 is 34.5 Å². The van der Waals surface area contributed by atoms with E-state index in [4.69, 9.17) is 17.1 Å². The van der Waals surface area contributed by atoms with E-state index in [0.717, 1.165) is 82.1 Å². The molecule has 6 bridgehead atoms. The zero-order chi connectivity index (χ0) is 28.6. The molecule has 0 radical (unpaired) electrons. The van der Waals surface area contributed by atoms with Gasteiger partial charge in [0.2, 0.25) is 0 Å². The Morgan fingerprint density at radius 3 is 1.73 bits per heavy atom. The van der Waals surface area contributed by atoms with Gasteiger partial charge >= 0.3 is 8.56 Å². The molecule has 0 aliphatic heterocycles. The largest absolute Gasteiger partial charge is 0.438 e. The second kappa shape index (κ2) is 15.8. The summed E-state index contributed by atoms with van der Waals surface area (Å²) in [5, 5.41) is 0. The van der Waals surface area contributed by atoms with Crippen LogP contribution in [-0.4, -0.2) is 48.7 Å². The molecular formula is C40H86O4Si4. The van der Waals surface area contributed by atoms with Crippen molar-refractivity contribution in [2.75, 3.05) is 14.2 Å². The molecule has 0 spiro atoms. The molecule has 17 atom stereocenters. The molecule has 48 heavy (non-hydrogen) atoms. The zero-order valence-electron chi connectivity index (χ0n) is 27.2. The predicted molar refractivity (Wildman–Crippen MR) is 222 cm³/mol. The summed E-state index contributed by atoms with van der Waals surface area (Å²) in [6.45, 7) is 14.8. The van der Waals surface area contributed by atoms with E-state index in [1.54, 1.807) is 0 Å². The first-order valence-corrected chi connectivity index (χ1v) is 28.0. The minimum Gasteiger partial charge on any atom is -0.438 e. The van der Waals surface area contributed by atoms with Crippen molar-refractivity contribution in [3.63, 3.8) is 0 Å². The number of rotatable bonds is 9. The molecule has 7 saturated carbocycles. The third-order valence-corrected chi connectivity index (χ3v) is 31.5. The van der Waals surface area contributed by atoms with Crippen molar-refractivity contribution < 1.29 is 17.1 Å². The fourth-order valence-corrected chi connectivity index (χ4v) is 29.8. The lowest BCUT2D eigenvalue weighted by Gasteiger charge is -2.45. The highest BCUT2D eigenvalue weighted by molar-refractivity contribution is 6.81. The van der Waals surface area contributed by atoms with E-state index in [1.165, 1.54) is 51.4 Å². The molecular weight excluding hydrogens is 657 g/mol. The van der Waals surface area contributed by atoms with Crippen molar-refractivity contribution in [3.05, 3.63) is 12.2 Å². The van der Waals surface area contributed by atoms with Gasteiger partial charge in [0, 0.05) is 19.8 Å². The SMILES string of the molecule is C.C.C.C.C.C.C.CO[Si](C)(C)C1CC2CC1C1CC3C4CC(C3C21)C([Si](C)(OC)O[SiH](C)O[Si](C)(C)C1CC2CC1C1C=CCC21)C4. The fraction of sp³-hybridized carbons (Fsp3) is 0.950. The van der Waals surface area contributed by atoms with Crippen LogP contribution >= 0.6 is 0 Å². The Morgan fingerprint density at radius 1 is 0.521 bits per heavy atom. The van der Waals surface area contributed by atoms with Crippen LogP contribution in [0.15, 0.2) is 12.2 Å². The summed E-state index contributed by atoms with van der Waals surface area (Å²) in [5.74, 6) is 11.3. The van der Waals surface area contributed by atoms with Gasteiger partial charge in [-0.3, -0.25) is 0 Å². The lowest BCUT2D eigenvalue weighted by Crippen LogP contribution is -2.53. The molecule has 0 aromatic rings. The van der Waals surface area contributed by atoms with E-state index in [-0.39, 0.29) is 52.0 Å². The van der Waals surface area contributed by atoms with Crippen LogP contribution in [0.5, 0.6) is 0 Å². The molecule has 4 nitrogen and oxygen atoms in total. The molecule has 8 aliphatic carbocycles. The summed E-state index contributed by atoms with van der Waals surface area (Å²) < 4.78 is 27.2. The summed E-state index contributed by atoms with van der Waals surface area (Å²) in [5.41, 5.74) is 2.39. The van der Waals surface area contributed by atoms with Gasteiger partial charge in [0.15, 0.2) is 16.6 Å². The smallest absolute Gasteiger partial charge is 0.329 e. The second-order valence-electron chi connectivity index (χ2n) is 17.6. The number of hydrogen-bond acceptors (Lipinski definition) is 4. The Kier molecular flexibility index (Phi) is 15.3. The Hall–Kier alpha value is 0.448. The maximum atomic E-state index is 7.23. The van der Waals surface area contributed by atoms with E-state index in [0.29, 0.717) is 5.54 Å².